The summed E-state index contributed by atoms with van der Waals surface area (Å²) in [5.74, 6) is -0.698. The first-order valence-corrected chi connectivity index (χ1v) is 7.42. The van der Waals surface area contributed by atoms with Crippen LogP contribution in [-0.2, 0) is 20.8 Å². The van der Waals surface area contributed by atoms with E-state index < -0.39 is 0 Å². The normalized spacial score (nSPS) is 13.8. The monoisotopic (exact) mass is 300 g/mol. The van der Waals surface area contributed by atoms with Crippen LogP contribution in [0.15, 0.2) is 36.4 Å². The van der Waals surface area contributed by atoms with Crippen LogP contribution in [0.5, 0.6) is 0 Å². The SMILES string of the molecule is Cc1ccc(CCCC(=O)NCCN2C(=O)C=CC2=O)cc1. The molecule has 0 saturated carbocycles. The number of hydrogen-bond donors (Lipinski definition) is 1. The highest BCUT2D eigenvalue weighted by Crippen LogP contribution is 2.07. The molecule has 0 saturated heterocycles. The number of nitrogens with zero attached hydrogens (tertiary/aromatic N) is 1. The van der Waals surface area contributed by atoms with Crippen LogP contribution < -0.4 is 5.32 Å². The molecule has 0 unspecified atom stereocenters. The first kappa shape index (κ1) is 15.9. The highest BCUT2D eigenvalue weighted by atomic mass is 16.2. The molecule has 0 aromatic heterocycles. The molecule has 0 aliphatic carbocycles. The van der Waals surface area contributed by atoms with Crippen LogP contribution in [0, 0.1) is 6.92 Å². The fourth-order valence-corrected chi connectivity index (χ4v) is 2.25. The number of carbonyl (C=O) groups is 3. The quantitative estimate of drug-likeness (QED) is 0.773. The predicted octanol–water partition coefficient (Wildman–Crippen LogP) is 1.36. The highest BCUT2D eigenvalue weighted by Gasteiger charge is 2.22. The number of rotatable bonds is 7. The largest absolute Gasteiger partial charge is 0.354 e. The van der Waals surface area contributed by atoms with Crippen molar-refractivity contribution in [2.45, 2.75) is 26.2 Å². The van der Waals surface area contributed by atoms with Gasteiger partial charge in [0.25, 0.3) is 11.8 Å². The van der Waals surface area contributed by atoms with E-state index in [0.29, 0.717) is 13.0 Å². The third-order valence-corrected chi connectivity index (χ3v) is 3.55. The summed E-state index contributed by atoms with van der Waals surface area (Å²) in [6.45, 7) is 2.56. The minimum Gasteiger partial charge on any atom is -0.354 e. The summed E-state index contributed by atoms with van der Waals surface area (Å²) in [5, 5.41) is 2.73. The Bertz CT molecular complexity index is 572. The van der Waals surface area contributed by atoms with Gasteiger partial charge in [0.1, 0.15) is 0 Å². The second-order valence-corrected chi connectivity index (χ2v) is 5.35. The lowest BCUT2D eigenvalue weighted by Gasteiger charge is -2.13. The Balaban J connectivity index is 1.61. The van der Waals surface area contributed by atoms with E-state index >= 15 is 0 Å². The Hall–Kier alpha value is -2.43. The van der Waals surface area contributed by atoms with Gasteiger partial charge in [-0.15, -0.1) is 0 Å². The van der Waals surface area contributed by atoms with Crippen molar-refractivity contribution in [3.05, 3.63) is 47.5 Å². The molecule has 5 nitrogen and oxygen atoms in total. The maximum atomic E-state index is 11.7. The van der Waals surface area contributed by atoms with E-state index in [1.165, 1.54) is 23.3 Å². The molecule has 22 heavy (non-hydrogen) atoms. The first-order chi connectivity index (χ1) is 10.6. The van der Waals surface area contributed by atoms with Gasteiger partial charge in [0.05, 0.1) is 0 Å². The van der Waals surface area contributed by atoms with Crippen LogP contribution in [0.2, 0.25) is 0 Å². The number of benzene rings is 1. The summed E-state index contributed by atoms with van der Waals surface area (Å²) in [4.78, 5) is 35.5. The fourth-order valence-electron chi connectivity index (χ4n) is 2.25. The van der Waals surface area contributed by atoms with Crippen molar-refractivity contribution in [2.24, 2.45) is 0 Å². The van der Waals surface area contributed by atoms with Gasteiger partial charge in [-0.25, -0.2) is 0 Å². The van der Waals surface area contributed by atoms with Crippen LogP contribution in [0.1, 0.15) is 24.0 Å². The summed E-state index contributed by atoms with van der Waals surface area (Å²) in [7, 11) is 0. The second kappa shape index (κ2) is 7.54. The first-order valence-electron chi connectivity index (χ1n) is 7.42. The summed E-state index contributed by atoms with van der Waals surface area (Å²) in [5.41, 5.74) is 2.44. The van der Waals surface area contributed by atoms with Crippen molar-refractivity contribution in [1.82, 2.24) is 10.2 Å². The van der Waals surface area contributed by atoms with Gasteiger partial charge in [0, 0.05) is 31.7 Å². The van der Waals surface area contributed by atoms with Crippen molar-refractivity contribution in [3.8, 4) is 0 Å². The number of imide groups is 1. The molecule has 0 bridgehead atoms. The van der Waals surface area contributed by atoms with E-state index in [9.17, 15) is 14.4 Å². The topological polar surface area (TPSA) is 66.5 Å². The number of carbonyl (C=O) groups excluding carboxylic acids is 3. The smallest absolute Gasteiger partial charge is 0.253 e. The molecule has 1 aromatic rings. The van der Waals surface area contributed by atoms with Gasteiger partial charge >= 0.3 is 0 Å². The lowest BCUT2D eigenvalue weighted by atomic mass is 10.1. The van der Waals surface area contributed by atoms with Gasteiger partial charge in [0.15, 0.2) is 0 Å². The Labute approximate surface area is 130 Å². The molecule has 1 aliphatic rings. The average Bonchev–Trinajstić information content (AvgIpc) is 2.81. The van der Waals surface area contributed by atoms with E-state index in [1.54, 1.807) is 0 Å². The molecule has 5 heteroatoms. The van der Waals surface area contributed by atoms with E-state index in [2.05, 4.69) is 29.6 Å². The number of amides is 3. The lowest BCUT2D eigenvalue weighted by molar-refractivity contribution is -0.137. The van der Waals surface area contributed by atoms with Crippen molar-refractivity contribution >= 4 is 17.7 Å². The van der Waals surface area contributed by atoms with E-state index in [1.807, 2.05) is 6.92 Å². The number of aryl methyl sites for hydroxylation is 2. The molecule has 0 atom stereocenters. The lowest BCUT2D eigenvalue weighted by Crippen LogP contribution is -2.38. The summed E-state index contributed by atoms with van der Waals surface area (Å²) in [6, 6.07) is 8.27. The highest BCUT2D eigenvalue weighted by molar-refractivity contribution is 6.12. The zero-order valence-corrected chi connectivity index (χ0v) is 12.7. The Morgan fingerprint density at radius 2 is 1.73 bits per heavy atom. The van der Waals surface area contributed by atoms with Gasteiger partial charge in [-0.3, -0.25) is 19.3 Å². The zero-order chi connectivity index (χ0) is 15.9. The second-order valence-electron chi connectivity index (χ2n) is 5.35. The Morgan fingerprint density at radius 3 is 2.36 bits per heavy atom. The molecule has 1 aromatic carbocycles. The molecular formula is C17H20N2O3. The molecule has 3 amide bonds. The molecule has 1 aliphatic heterocycles. The summed E-state index contributed by atoms with van der Waals surface area (Å²) < 4.78 is 0. The minimum atomic E-state index is -0.321. The molecule has 0 radical (unpaired) electrons. The molecular weight excluding hydrogens is 280 g/mol. The van der Waals surface area contributed by atoms with Crippen LogP contribution in [0.4, 0.5) is 0 Å². The molecule has 0 fully saturated rings. The molecule has 0 spiro atoms. The average molecular weight is 300 g/mol. The third-order valence-electron chi connectivity index (χ3n) is 3.55. The Kier molecular flexibility index (Phi) is 5.47. The summed E-state index contributed by atoms with van der Waals surface area (Å²) in [6.07, 6.45) is 4.56. The third kappa shape index (κ3) is 4.55. The number of nitrogens with one attached hydrogen (secondary N) is 1. The number of hydrogen-bond acceptors (Lipinski definition) is 3. The maximum absolute atomic E-state index is 11.7. The molecule has 2 rings (SSSR count). The summed E-state index contributed by atoms with van der Waals surface area (Å²) >= 11 is 0. The maximum Gasteiger partial charge on any atom is 0.253 e. The van der Waals surface area contributed by atoms with Gasteiger partial charge in [-0.2, -0.15) is 0 Å². The fraction of sp³-hybridized carbons (Fsp3) is 0.353. The van der Waals surface area contributed by atoms with Crippen molar-refractivity contribution in [1.29, 1.82) is 0 Å². The van der Waals surface area contributed by atoms with Crippen LogP contribution in [-0.4, -0.2) is 35.7 Å². The van der Waals surface area contributed by atoms with Gasteiger partial charge in [-0.1, -0.05) is 29.8 Å². The minimum absolute atomic E-state index is 0.0563. The van der Waals surface area contributed by atoms with Crippen molar-refractivity contribution in [3.63, 3.8) is 0 Å². The standard InChI is InChI=1S/C17H20N2O3/c1-13-5-7-14(8-6-13)3-2-4-15(20)18-11-12-19-16(21)9-10-17(19)22/h5-10H,2-4,11-12H2,1H3,(H,18,20). The van der Waals surface area contributed by atoms with Crippen LogP contribution >= 0.6 is 0 Å². The molecule has 1 heterocycles. The van der Waals surface area contributed by atoms with Gasteiger partial charge < -0.3 is 5.32 Å². The van der Waals surface area contributed by atoms with Gasteiger partial charge in [0.2, 0.25) is 5.91 Å². The van der Waals surface area contributed by atoms with Crippen LogP contribution in [0.25, 0.3) is 0 Å². The predicted molar refractivity (Wildman–Crippen MR) is 83.0 cm³/mol. The van der Waals surface area contributed by atoms with E-state index in [4.69, 9.17) is 0 Å². The van der Waals surface area contributed by atoms with E-state index in [-0.39, 0.29) is 24.3 Å². The zero-order valence-electron chi connectivity index (χ0n) is 12.7. The van der Waals surface area contributed by atoms with Crippen LogP contribution in [0.3, 0.4) is 0 Å². The van der Waals surface area contributed by atoms with E-state index in [0.717, 1.165) is 17.7 Å². The molecule has 116 valence electrons. The van der Waals surface area contributed by atoms with Crippen molar-refractivity contribution in [2.75, 3.05) is 13.1 Å². The van der Waals surface area contributed by atoms with Crippen molar-refractivity contribution < 1.29 is 14.4 Å². The molecule has 1 N–H and O–H groups in total. The Morgan fingerprint density at radius 1 is 1.09 bits per heavy atom. The van der Waals surface area contributed by atoms with Gasteiger partial charge in [-0.05, 0) is 25.3 Å².